The summed E-state index contributed by atoms with van der Waals surface area (Å²) in [5.74, 6) is 0.601. The number of benzene rings is 2. The molecule has 118 valence electrons. The first-order valence-corrected chi connectivity index (χ1v) is 8.38. The van der Waals surface area contributed by atoms with Gasteiger partial charge in [-0.05, 0) is 36.8 Å². The molecule has 1 aromatic heterocycles. The number of fused-ring (bicyclic) bond motifs is 1. The van der Waals surface area contributed by atoms with E-state index in [0.29, 0.717) is 28.3 Å². The Morgan fingerprint density at radius 1 is 1.30 bits per heavy atom. The Hall–Kier alpha value is -1.69. The molecule has 0 unspecified atom stereocenters. The minimum absolute atomic E-state index is 0.122. The Bertz CT molecular complexity index is 910. The molecule has 4 nitrogen and oxygen atoms in total. The van der Waals surface area contributed by atoms with Crippen molar-refractivity contribution in [2.75, 3.05) is 0 Å². The fraction of sp³-hybridized carbons (Fsp3) is 0.176. The molecule has 0 aliphatic heterocycles. The van der Waals surface area contributed by atoms with Gasteiger partial charge >= 0.3 is 0 Å². The summed E-state index contributed by atoms with van der Waals surface area (Å²) in [5.41, 5.74) is 1.62. The summed E-state index contributed by atoms with van der Waals surface area (Å²) in [6.45, 7) is 2.54. The maximum atomic E-state index is 12.1. The molecule has 0 aliphatic carbocycles. The zero-order chi connectivity index (χ0) is 16.4. The van der Waals surface area contributed by atoms with Crippen molar-refractivity contribution >= 4 is 38.4 Å². The molecule has 0 fully saturated rings. The smallest absolute Gasteiger partial charge is 0.258 e. The first kappa shape index (κ1) is 16.2. The van der Waals surface area contributed by atoms with Gasteiger partial charge in [-0.1, -0.05) is 45.7 Å². The fourth-order valence-corrected chi connectivity index (χ4v) is 3.23. The molecule has 3 rings (SSSR count). The van der Waals surface area contributed by atoms with E-state index in [1.54, 1.807) is 18.2 Å². The molecule has 0 spiro atoms. The predicted molar refractivity (Wildman–Crippen MR) is 96.8 cm³/mol. The number of aromatic nitrogens is 2. The summed E-state index contributed by atoms with van der Waals surface area (Å²) >= 11 is 9.47. The van der Waals surface area contributed by atoms with Crippen LogP contribution in [-0.4, -0.2) is 9.97 Å². The van der Waals surface area contributed by atoms with Crippen LogP contribution in [0.2, 0.25) is 5.02 Å². The van der Waals surface area contributed by atoms with Crippen LogP contribution < -0.4 is 10.9 Å². The van der Waals surface area contributed by atoms with Gasteiger partial charge in [0.05, 0.1) is 17.4 Å². The molecule has 23 heavy (non-hydrogen) atoms. The highest BCUT2D eigenvalue weighted by Crippen LogP contribution is 2.22. The quantitative estimate of drug-likeness (QED) is 0.700. The van der Waals surface area contributed by atoms with Gasteiger partial charge in [0.15, 0.2) is 0 Å². The molecule has 6 heteroatoms. The van der Waals surface area contributed by atoms with Crippen LogP contribution in [0.1, 0.15) is 24.4 Å². The van der Waals surface area contributed by atoms with Gasteiger partial charge in [-0.2, -0.15) is 0 Å². The Balaban J connectivity index is 1.81. The fourth-order valence-electron chi connectivity index (χ4n) is 2.43. The molecule has 2 aromatic carbocycles. The van der Waals surface area contributed by atoms with Crippen LogP contribution in [0.4, 0.5) is 0 Å². The molecular weight excluding hydrogens is 378 g/mol. The minimum Gasteiger partial charge on any atom is -0.309 e. The first-order valence-electron chi connectivity index (χ1n) is 7.21. The molecule has 0 radical (unpaired) electrons. The number of nitrogens with zero attached hydrogens (tertiary/aromatic N) is 1. The zero-order valence-corrected chi connectivity index (χ0v) is 14.8. The van der Waals surface area contributed by atoms with Crippen molar-refractivity contribution in [3.63, 3.8) is 0 Å². The minimum atomic E-state index is -0.178. The van der Waals surface area contributed by atoms with Crippen molar-refractivity contribution in [2.45, 2.75) is 19.5 Å². The van der Waals surface area contributed by atoms with Crippen LogP contribution in [0, 0.1) is 0 Å². The van der Waals surface area contributed by atoms with E-state index < -0.39 is 0 Å². The summed E-state index contributed by atoms with van der Waals surface area (Å²) in [6, 6.07) is 13.3. The van der Waals surface area contributed by atoms with Crippen molar-refractivity contribution in [1.29, 1.82) is 0 Å². The van der Waals surface area contributed by atoms with E-state index in [2.05, 4.69) is 44.2 Å². The molecule has 0 bridgehead atoms. The number of hydrogen-bond acceptors (Lipinski definition) is 3. The maximum absolute atomic E-state index is 12.1. The highest BCUT2D eigenvalue weighted by atomic mass is 79.9. The third kappa shape index (κ3) is 3.63. The van der Waals surface area contributed by atoms with Gasteiger partial charge in [-0.25, -0.2) is 4.98 Å². The van der Waals surface area contributed by atoms with Crippen molar-refractivity contribution in [3.8, 4) is 0 Å². The van der Waals surface area contributed by atoms with Gasteiger partial charge in [0, 0.05) is 15.5 Å². The molecule has 1 heterocycles. The van der Waals surface area contributed by atoms with Crippen molar-refractivity contribution < 1.29 is 0 Å². The Labute approximate surface area is 147 Å². The summed E-state index contributed by atoms with van der Waals surface area (Å²) in [7, 11) is 0. The van der Waals surface area contributed by atoms with Gasteiger partial charge in [-0.15, -0.1) is 0 Å². The number of nitrogens with one attached hydrogen (secondary N) is 2. The Morgan fingerprint density at radius 3 is 2.87 bits per heavy atom. The number of hydrogen-bond donors (Lipinski definition) is 2. The van der Waals surface area contributed by atoms with Crippen molar-refractivity contribution in [1.82, 2.24) is 15.3 Å². The van der Waals surface area contributed by atoms with E-state index in [-0.39, 0.29) is 11.6 Å². The average molecular weight is 393 g/mol. The Morgan fingerprint density at radius 2 is 2.09 bits per heavy atom. The van der Waals surface area contributed by atoms with Crippen molar-refractivity contribution in [2.24, 2.45) is 0 Å². The molecule has 0 aliphatic rings. The SMILES string of the molecule is C[C@H](NCc1nc2ccc(Cl)cc2c(=O)[nH]1)c1ccccc1Br. The first-order chi connectivity index (χ1) is 11.0. The Kier molecular flexibility index (Phi) is 4.80. The monoisotopic (exact) mass is 391 g/mol. The third-order valence-corrected chi connectivity index (χ3v) is 4.62. The van der Waals surface area contributed by atoms with E-state index in [0.717, 1.165) is 10.0 Å². The molecule has 0 saturated carbocycles. The number of aromatic amines is 1. The summed E-state index contributed by atoms with van der Waals surface area (Å²) in [4.78, 5) is 19.4. The molecule has 3 aromatic rings. The van der Waals surface area contributed by atoms with Crippen LogP contribution in [0.5, 0.6) is 0 Å². The molecule has 0 amide bonds. The topological polar surface area (TPSA) is 57.8 Å². The summed E-state index contributed by atoms with van der Waals surface area (Å²) in [6.07, 6.45) is 0. The van der Waals surface area contributed by atoms with Gasteiger partial charge in [0.2, 0.25) is 0 Å². The lowest BCUT2D eigenvalue weighted by atomic mass is 10.1. The summed E-state index contributed by atoms with van der Waals surface area (Å²) in [5, 5.41) is 4.40. The molecular formula is C17H15BrClN3O. The van der Waals surface area contributed by atoms with Crippen LogP contribution in [0.25, 0.3) is 10.9 Å². The second kappa shape index (κ2) is 6.83. The predicted octanol–water partition coefficient (Wildman–Crippen LogP) is 4.19. The molecule has 1 atom stereocenters. The molecule has 2 N–H and O–H groups in total. The van der Waals surface area contributed by atoms with Gasteiger partial charge < -0.3 is 10.3 Å². The highest BCUT2D eigenvalue weighted by molar-refractivity contribution is 9.10. The van der Waals surface area contributed by atoms with Crippen LogP contribution in [0.15, 0.2) is 51.7 Å². The highest BCUT2D eigenvalue weighted by Gasteiger charge is 2.10. The maximum Gasteiger partial charge on any atom is 0.258 e. The lowest BCUT2D eigenvalue weighted by molar-refractivity contribution is 0.558. The van der Waals surface area contributed by atoms with Crippen LogP contribution in [-0.2, 0) is 6.54 Å². The number of H-pyrrole nitrogens is 1. The van der Waals surface area contributed by atoms with Gasteiger partial charge in [-0.3, -0.25) is 4.79 Å². The van der Waals surface area contributed by atoms with E-state index in [1.807, 2.05) is 18.2 Å². The summed E-state index contributed by atoms with van der Waals surface area (Å²) < 4.78 is 1.05. The van der Waals surface area contributed by atoms with E-state index in [9.17, 15) is 4.79 Å². The zero-order valence-electron chi connectivity index (χ0n) is 12.4. The average Bonchev–Trinajstić information content (AvgIpc) is 2.54. The number of rotatable bonds is 4. The standard InChI is InChI=1S/C17H15BrClN3O/c1-10(12-4-2-3-5-14(12)18)20-9-16-21-15-7-6-11(19)8-13(15)17(23)22-16/h2-8,10,20H,9H2,1H3,(H,21,22,23)/t10-/m0/s1. The van der Waals surface area contributed by atoms with Crippen molar-refractivity contribution in [3.05, 3.63) is 73.7 Å². The second-order valence-electron chi connectivity index (χ2n) is 5.30. The van der Waals surface area contributed by atoms with Crippen LogP contribution in [0.3, 0.4) is 0 Å². The normalized spacial score (nSPS) is 12.5. The van der Waals surface area contributed by atoms with Gasteiger partial charge in [0.1, 0.15) is 5.82 Å². The van der Waals surface area contributed by atoms with Gasteiger partial charge in [0.25, 0.3) is 5.56 Å². The second-order valence-corrected chi connectivity index (χ2v) is 6.59. The molecule has 0 saturated heterocycles. The van der Waals surface area contributed by atoms with E-state index in [4.69, 9.17) is 11.6 Å². The largest absolute Gasteiger partial charge is 0.309 e. The lowest BCUT2D eigenvalue weighted by Gasteiger charge is -2.15. The third-order valence-electron chi connectivity index (χ3n) is 3.66. The van der Waals surface area contributed by atoms with E-state index in [1.165, 1.54) is 0 Å². The van der Waals surface area contributed by atoms with E-state index >= 15 is 0 Å². The lowest BCUT2D eigenvalue weighted by Crippen LogP contribution is -2.22. The number of halogens is 2. The van der Waals surface area contributed by atoms with Crippen LogP contribution >= 0.6 is 27.5 Å².